The molecule has 0 aliphatic heterocycles. The number of hydrogen-bond donors (Lipinski definition) is 0. The molecule has 0 bridgehead atoms. The molecular formula is C7H10BrF. The Bertz CT molecular complexity index is 137. The molecule has 0 N–H and O–H groups in total. The number of rotatable bonds is 0. The zero-order valence-electron chi connectivity index (χ0n) is 5.24. The number of alkyl halides is 2. The first-order valence-corrected chi connectivity index (χ1v) is 4.45. The predicted octanol–water partition coefficient (Wildman–Crippen LogP) is 2.66. The summed E-state index contributed by atoms with van der Waals surface area (Å²) in [5, 5.41) is 0. The van der Waals surface area contributed by atoms with Gasteiger partial charge in [-0.05, 0) is 25.7 Å². The number of halogens is 2. The minimum atomic E-state index is -0.498. The molecule has 0 heterocycles. The van der Waals surface area contributed by atoms with Crippen LogP contribution in [0.15, 0.2) is 0 Å². The molecule has 52 valence electrons. The smallest absolute Gasteiger partial charge is 0.107 e. The molecule has 9 heavy (non-hydrogen) atoms. The van der Waals surface area contributed by atoms with E-state index >= 15 is 0 Å². The van der Waals surface area contributed by atoms with E-state index in [4.69, 9.17) is 0 Å². The minimum Gasteiger partial charge on any atom is -0.247 e. The summed E-state index contributed by atoms with van der Waals surface area (Å²) >= 11 is 3.47. The normalized spacial score (nSPS) is 56.7. The van der Waals surface area contributed by atoms with Crippen molar-refractivity contribution in [2.24, 2.45) is 5.41 Å². The molecule has 1 spiro atoms. The largest absolute Gasteiger partial charge is 0.247 e. The molecule has 0 aromatic carbocycles. The lowest BCUT2D eigenvalue weighted by molar-refractivity contribution is 0.247. The van der Waals surface area contributed by atoms with Crippen molar-refractivity contribution in [3.05, 3.63) is 0 Å². The molecule has 0 aromatic rings. The van der Waals surface area contributed by atoms with Crippen molar-refractivity contribution in [1.82, 2.24) is 0 Å². The molecule has 2 rings (SSSR count). The van der Waals surface area contributed by atoms with E-state index in [0.29, 0.717) is 4.83 Å². The molecule has 3 unspecified atom stereocenters. The fourth-order valence-electron chi connectivity index (χ4n) is 1.91. The van der Waals surface area contributed by atoms with Gasteiger partial charge in [-0.1, -0.05) is 15.9 Å². The minimum absolute atomic E-state index is 0.111. The van der Waals surface area contributed by atoms with Crippen LogP contribution in [0, 0.1) is 5.41 Å². The van der Waals surface area contributed by atoms with Gasteiger partial charge in [-0.2, -0.15) is 0 Å². The van der Waals surface area contributed by atoms with Gasteiger partial charge >= 0.3 is 0 Å². The molecule has 0 nitrogen and oxygen atoms in total. The molecule has 3 atom stereocenters. The first-order chi connectivity index (χ1) is 4.26. The Morgan fingerprint density at radius 1 is 1.56 bits per heavy atom. The van der Waals surface area contributed by atoms with E-state index < -0.39 is 6.17 Å². The van der Waals surface area contributed by atoms with Crippen molar-refractivity contribution in [3.8, 4) is 0 Å². The summed E-state index contributed by atoms with van der Waals surface area (Å²) in [6, 6.07) is 0. The van der Waals surface area contributed by atoms with E-state index in [2.05, 4.69) is 15.9 Å². The highest BCUT2D eigenvalue weighted by Gasteiger charge is 2.60. The molecule has 2 saturated carbocycles. The Kier molecular flexibility index (Phi) is 1.17. The van der Waals surface area contributed by atoms with Gasteiger partial charge in [0.05, 0.1) is 0 Å². The van der Waals surface area contributed by atoms with Gasteiger partial charge in [0.15, 0.2) is 0 Å². The molecule has 2 fully saturated rings. The molecule has 0 saturated heterocycles. The fraction of sp³-hybridized carbons (Fsp3) is 1.00. The van der Waals surface area contributed by atoms with E-state index in [1.165, 1.54) is 0 Å². The topological polar surface area (TPSA) is 0 Å². The summed E-state index contributed by atoms with van der Waals surface area (Å²) in [4.78, 5) is 0.502. The van der Waals surface area contributed by atoms with Crippen LogP contribution < -0.4 is 0 Å². The summed E-state index contributed by atoms with van der Waals surface area (Å²) in [6.07, 6.45) is 3.60. The van der Waals surface area contributed by atoms with Crippen LogP contribution in [0.3, 0.4) is 0 Å². The lowest BCUT2D eigenvalue weighted by Gasteiger charge is -2.08. The molecule has 2 aliphatic carbocycles. The standard InChI is InChI=1S/C7H10BrF/c8-5-4-7(5)3-1-2-6(7)9/h5-6H,1-4H2. The van der Waals surface area contributed by atoms with E-state index in [1.807, 2.05) is 0 Å². The first kappa shape index (κ1) is 6.14. The highest BCUT2D eigenvalue weighted by atomic mass is 79.9. The summed E-state index contributed by atoms with van der Waals surface area (Å²) in [7, 11) is 0. The van der Waals surface area contributed by atoms with Crippen molar-refractivity contribution in [2.75, 3.05) is 0 Å². The molecule has 2 heteroatoms. The van der Waals surface area contributed by atoms with Crippen molar-refractivity contribution in [1.29, 1.82) is 0 Å². The summed E-state index contributed by atoms with van der Waals surface area (Å²) in [5.41, 5.74) is 0.111. The van der Waals surface area contributed by atoms with Crippen LogP contribution in [0.2, 0.25) is 0 Å². The lowest BCUT2D eigenvalue weighted by Crippen LogP contribution is -2.11. The monoisotopic (exact) mass is 192 g/mol. The van der Waals surface area contributed by atoms with Gasteiger partial charge in [0, 0.05) is 10.2 Å². The Labute approximate surface area is 63.0 Å². The van der Waals surface area contributed by atoms with Gasteiger partial charge in [-0.25, -0.2) is 4.39 Å². The second kappa shape index (κ2) is 1.71. The zero-order valence-corrected chi connectivity index (χ0v) is 6.83. The molecule has 0 aromatic heterocycles. The summed E-state index contributed by atoms with van der Waals surface area (Å²) < 4.78 is 13.0. The Morgan fingerprint density at radius 2 is 2.22 bits per heavy atom. The van der Waals surface area contributed by atoms with Gasteiger partial charge in [-0.3, -0.25) is 0 Å². The van der Waals surface area contributed by atoms with E-state index in [-0.39, 0.29) is 5.41 Å². The quantitative estimate of drug-likeness (QED) is 0.519. The van der Waals surface area contributed by atoms with Crippen LogP contribution in [0.4, 0.5) is 4.39 Å². The Morgan fingerprint density at radius 3 is 2.44 bits per heavy atom. The van der Waals surface area contributed by atoms with Crippen LogP contribution in [0.5, 0.6) is 0 Å². The maximum Gasteiger partial charge on any atom is 0.107 e. The van der Waals surface area contributed by atoms with Gasteiger partial charge in [0.25, 0.3) is 0 Å². The van der Waals surface area contributed by atoms with Crippen molar-refractivity contribution < 1.29 is 4.39 Å². The average Bonchev–Trinajstić information content (AvgIpc) is 2.29. The lowest BCUT2D eigenvalue weighted by atomic mass is 10.1. The number of hydrogen-bond acceptors (Lipinski definition) is 0. The first-order valence-electron chi connectivity index (χ1n) is 3.54. The summed E-state index contributed by atoms with van der Waals surface area (Å²) in [6.45, 7) is 0. The van der Waals surface area contributed by atoms with E-state index in [9.17, 15) is 4.39 Å². The fourth-order valence-corrected chi connectivity index (χ4v) is 3.03. The van der Waals surface area contributed by atoms with Crippen LogP contribution >= 0.6 is 15.9 Å². The van der Waals surface area contributed by atoms with Gasteiger partial charge < -0.3 is 0 Å². The maximum absolute atomic E-state index is 13.0. The third-order valence-electron chi connectivity index (χ3n) is 2.75. The molecule has 0 radical (unpaired) electrons. The van der Waals surface area contributed by atoms with Crippen molar-refractivity contribution in [2.45, 2.75) is 36.7 Å². The van der Waals surface area contributed by atoms with Crippen LogP contribution in [0.1, 0.15) is 25.7 Å². The Hall–Kier alpha value is 0.410. The van der Waals surface area contributed by atoms with Gasteiger partial charge in [0.2, 0.25) is 0 Å². The van der Waals surface area contributed by atoms with E-state index in [1.54, 1.807) is 0 Å². The second-order valence-corrected chi connectivity index (χ2v) is 4.37. The average molecular weight is 193 g/mol. The molecular weight excluding hydrogens is 183 g/mol. The highest BCUT2D eigenvalue weighted by molar-refractivity contribution is 9.09. The summed E-state index contributed by atoms with van der Waals surface area (Å²) in [5.74, 6) is 0. The molecule has 2 aliphatic rings. The van der Waals surface area contributed by atoms with Crippen LogP contribution in [-0.4, -0.2) is 11.0 Å². The van der Waals surface area contributed by atoms with Gasteiger partial charge in [0.1, 0.15) is 6.17 Å². The SMILES string of the molecule is FC1CCCC12CC2Br. The molecule has 0 amide bonds. The second-order valence-electron chi connectivity index (χ2n) is 3.26. The maximum atomic E-state index is 13.0. The third-order valence-corrected chi connectivity index (χ3v) is 3.98. The van der Waals surface area contributed by atoms with Crippen LogP contribution in [0.25, 0.3) is 0 Å². The van der Waals surface area contributed by atoms with E-state index in [0.717, 1.165) is 25.7 Å². The van der Waals surface area contributed by atoms with Crippen molar-refractivity contribution >= 4 is 15.9 Å². The van der Waals surface area contributed by atoms with Gasteiger partial charge in [-0.15, -0.1) is 0 Å². The highest BCUT2D eigenvalue weighted by Crippen LogP contribution is 2.62. The zero-order chi connectivity index (χ0) is 6.48. The van der Waals surface area contributed by atoms with Crippen molar-refractivity contribution in [3.63, 3.8) is 0 Å². The third kappa shape index (κ3) is 0.688. The Balaban J connectivity index is 2.12. The predicted molar refractivity (Wildman–Crippen MR) is 38.5 cm³/mol. The van der Waals surface area contributed by atoms with Crippen LogP contribution in [-0.2, 0) is 0 Å².